The van der Waals surface area contributed by atoms with Crippen LogP contribution in [0.15, 0.2) is 70.0 Å². The molecule has 0 fully saturated rings. The second-order valence-corrected chi connectivity index (χ2v) is 10.8. The van der Waals surface area contributed by atoms with Gasteiger partial charge in [-0.2, -0.15) is 10.2 Å². The number of rotatable bonds is 10. The van der Waals surface area contributed by atoms with Crippen LogP contribution in [0.25, 0.3) is 11.0 Å². The van der Waals surface area contributed by atoms with Gasteiger partial charge in [-0.1, -0.05) is 0 Å². The van der Waals surface area contributed by atoms with E-state index in [-0.39, 0.29) is 4.90 Å². The van der Waals surface area contributed by atoms with Gasteiger partial charge >= 0.3 is 0 Å². The smallest absolute Gasteiger partial charge is 0.240 e. The number of hydrogen-bond acceptors (Lipinski definition) is 8. The summed E-state index contributed by atoms with van der Waals surface area (Å²) in [4.78, 5) is 10.9. The molecular weight excluding hydrogens is 488 g/mol. The number of sulfonamides is 1. The predicted molar refractivity (Wildman–Crippen MR) is 147 cm³/mol. The Bertz CT molecular complexity index is 1510. The zero-order valence-corrected chi connectivity index (χ0v) is 22.3. The molecule has 0 saturated heterocycles. The molecule has 0 aliphatic carbocycles. The third-order valence-electron chi connectivity index (χ3n) is 6.18. The molecule has 0 unspecified atom stereocenters. The lowest BCUT2D eigenvalue weighted by Gasteiger charge is -2.11. The third-order valence-corrected chi connectivity index (χ3v) is 7.66. The second-order valence-electron chi connectivity index (χ2n) is 9.05. The number of fused-ring (bicyclic) bond motifs is 1. The largest absolute Gasteiger partial charge is 0.382 e. The van der Waals surface area contributed by atoms with Crippen molar-refractivity contribution >= 4 is 43.9 Å². The highest BCUT2D eigenvalue weighted by molar-refractivity contribution is 7.89. The van der Waals surface area contributed by atoms with Gasteiger partial charge in [0, 0.05) is 38.6 Å². The first-order valence-corrected chi connectivity index (χ1v) is 13.5. The molecular formula is C26H32N8O2S. The number of nitrogens with one attached hydrogen (secondary N) is 1. The van der Waals surface area contributed by atoms with Gasteiger partial charge in [0.05, 0.1) is 28.1 Å². The number of imidazole rings is 1. The molecule has 0 aliphatic heterocycles. The molecule has 11 heteroatoms. The number of nitrogen functional groups attached to an aromatic ring is 1. The summed E-state index contributed by atoms with van der Waals surface area (Å²) in [5.74, 6) is 0.427. The maximum atomic E-state index is 12.7. The number of anilines is 2. The highest BCUT2D eigenvalue weighted by Gasteiger charge is 2.14. The standard InChI is InChI=1S/C26H32N8O2S/c1-18-19(2)30-26(27)24-25(18)34(17-28-24)16-6-5-15-29-37(35,36)23-13-9-21(10-14-23)32-31-20-7-11-22(12-8-20)33(3)4/h7-14,17,29H,5-6,15-16H2,1-4H3,(H2,27,30)/b32-31+. The van der Waals surface area contributed by atoms with Crippen LogP contribution in [0.3, 0.4) is 0 Å². The highest BCUT2D eigenvalue weighted by atomic mass is 32.2. The van der Waals surface area contributed by atoms with Crippen LogP contribution in [-0.4, -0.2) is 43.6 Å². The lowest BCUT2D eigenvalue weighted by atomic mass is 10.2. The second kappa shape index (κ2) is 11.1. The van der Waals surface area contributed by atoms with E-state index < -0.39 is 10.0 Å². The van der Waals surface area contributed by atoms with Crippen molar-refractivity contribution in [3.05, 3.63) is 66.1 Å². The van der Waals surface area contributed by atoms with Crippen LogP contribution in [-0.2, 0) is 16.6 Å². The van der Waals surface area contributed by atoms with Gasteiger partial charge in [0.2, 0.25) is 10.0 Å². The molecule has 194 valence electrons. The zero-order chi connectivity index (χ0) is 26.6. The summed E-state index contributed by atoms with van der Waals surface area (Å²) in [5.41, 5.74) is 12.0. The Hall–Kier alpha value is -3.83. The topological polar surface area (TPSA) is 131 Å². The quantitative estimate of drug-likeness (QED) is 0.227. The van der Waals surface area contributed by atoms with Crippen LogP contribution >= 0.6 is 0 Å². The van der Waals surface area contributed by atoms with E-state index in [0.29, 0.717) is 36.5 Å². The summed E-state index contributed by atoms with van der Waals surface area (Å²) in [7, 11) is 0.331. The van der Waals surface area contributed by atoms with E-state index in [9.17, 15) is 8.42 Å². The molecule has 0 amide bonds. The Morgan fingerprint density at radius 1 is 0.973 bits per heavy atom. The first-order valence-electron chi connectivity index (χ1n) is 12.0. The van der Waals surface area contributed by atoms with Gasteiger partial charge in [-0.25, -0.2) is 23.1 Å². The Morgan fingerprint density at radius 2 is 1.59 bits per heavy atom. The molecule has 0 bridgehead atoms. The van der Waals surface area contributed by atoms with Crippen molar-refractivity contribution < 1.29 is 8.42 Å². The van der Waals surface area contributed by atoms with Gasteiger partial charge in [-0.3, -0.25) is 0 Å². The van der Waals surface area contributed by atoms with Crippen molar-refractivity contribution in [2.24, 2.45) is 10.2 Å². The molecule has 4 aromatic rings. The van der Waals surface area contributed by atoms with Crippen LogP contribution < -0.4 is 15.4 Å². The number of benzene rings is 2. The highest BCUT2D eigenvalue weighted by Crippen LogP contribution is 2.25. The lowest BCUT2D eigenvalue weighted by molar-refractivity contribution is 0.568. The predicted octanol–water partition coefficient (Wildman–Crippen LogP) is 4.87. The minimum Gasteiger partial charge on any atom is -0.382 e. The monoisotopic (exact) mass is 520 g/mol. The fourth-order valence-electron chi connectivity index (χ4n) is 3.94. The average Bonchev–Trinajstić information content (AvgIpc) is 3.31. The van der Waals surface area contributed by atoms with Gasteiger partial charge in [0.15, 0.2) is 5.82 Å². The minimum atomic E-state index is -3.61. The van der Waals surface area contributed by atoms with E-state index in [4.69, 9.17) is 5.73 Å². The van der Waals surface area contributed by atoms with Crippen molar-refractivity contribution in [3.8, 4) is 0 Å². The van der Waals surface area contributed by atoms with Crippen LogP contribution in [0.2, 0.25) is 0 Å². The van der Waals surface area contributed by atoms with E-state index in [2.05, 4.69) is 24.9 Å². The molecule has 37 heavy (non-hydrogen) atoms. The van der Waals surface area contributed by atoms with E-state index in [1.165, 1.54) is 12.1 Å². The Labute approximate surface area is 217 Å². The summed E-state index contributed by atoms with van der Waals surface area (Å²) in [6.07, 6.45) is 3.22. The SMILES string of the molecule is Cc1nc(N)c2ncn(CCCCNS(=O)(=O)c3ccc(/N=N/c4ccc(N(C)C)cc4)cc3)c2c1C. The molecule has 3 N–H and O–H groups in total. The lowest BCUT2D eigenvalue weighted by Crippen LogP contribution is -2.24. The summed E-state index contributed by atoms with van der Waals surface area (Å²) >= 11 is 0. The molecule has 0 saturated carbocycles. The van der Waals surface area contributed by atoms with Crippen LogP contribution in [0.1, 0.15) is 24.1 Å². The summed E-state index contributed by atoms with van der Waals surface area (Å²) in [6, 6.07) is 14.0. The number of hydrogen-bond donors (Lipinski definition) is 2. The molecule has 0 aliphatic rings. The van der Waals surface area contributed by atoms with Crippen LogP contribution in [0, 0.1) is 13.8 Å². The third kappa shape index (κ3) is 6.12. The maximum Gasteiger partial charge on any atom is 0.240 e. The first kappa shape index (κ1) is 26.2. The van der Waals surface area contributed by atoms with Crippen molar-refractivity contribution in [2.45, 2.75) is 38.1 Å². The number of aromatic nitrogens is 3. The molecule has 2 heterocycles. The van der Waals surface area contributed by atoms with E-state index in [1.54, 1.807) is 18.5 Å². The van der Waals surface area contributed by atoms with Crippen LogP contribution in [0.4, 0.5) is 22.9 Å². The summed E-state index contributed by atoms with van der Waals surface area (Å²) in [5, 5.41) is 8.42. The molecule has 0 atom stereocenters. The van der Waals surface area contributed by atoms with Gasteiger partial charge in [0.1, 0.15) is 5.52 Å². The number of aryl methyl sites for hydroxylation is 3. The van der Waals surface area contributed by atoms with Crippen molar-refractivity contribution in [1.82, 2.24) is 19.3 Å². The fourth-order valence-corrected chi connectivity index (χ4v) is 5.02. The average molecular weight is 521 g/mol. The van der Waals surface area contributed by atoms with Gasteiger partial charge in [0.25, 0.3) is 0 Å². The number of nitrogens with zero attached hydrogens (tertiary/aromatic N) is 6. The number of azo groups is 1. The summed E-state index contributed by atoms with van der Waals surface area (Å²) < 4.78 is 30.1. The minimum absolute atomic E-state index is 0.191. The molecule has 0 spiro atoms. The van der Waals surface area contributed by atoms with Gasteiger partial charge in [-0.15, -0.1) is 0 Å². The first-order chi connectivity index (χ1) is 17.7. The van der Waals surface area contributed by atoms with Crippen molar-refractivity contribution in [1.29, 1.82) is 0 Å². The molecule has 4 rings (SSSR count). The molecule has 0 radical (unpaired) electrons. The van der Waals surface area contributed by atoms with Crippen molar-refractivity contribution in [3.63, 3.8) is 0 Å². The Morgan fingerprint density at radius 3 is 2.22 bits per heavy atom. The molecule has 2 aromatic heterocycles. The number of unbranched alkanes of at least 4 members (excludes halogenated alkanes) is 1. The Balaban J connectivity index is 1.29. The van der Waals surface area contributed by atoms with Crippen LogP contribution in [0.5, 0.6) is 0 Å². The number of pyridine rings is 1. The normalized spacial score (nSPS) is 12.0. The maximum absolute atomic E-state index is 12.7. The Kier molecular flexibility index (Phi) is 7.84. The summed E-state index contributed by atoms with van der Waals surface area (Å²) in [6.45, 7) is 4.98. The van der Waals surface area contributed by atoms with E-state index in [1.807, 2.05) is 61.7 Å². The molecule has 10 nitrogen and oxygen atoms in total. The van der Waals surface area contributed by atoms with Gasteiger partial charge < -0.3 is 15.2 Å². The van der Waals surface area contributed by atoms with E-state index in [0.717, 1.165) is 34.6 Å². The van der Waals surface area contributed by atoms with Gasteiger partial charge in [-0.05, 0) is 80.8 Å². The molecule has 2 aromatic carbocycles. The number of nitrogens with two attached hydrogens (primary N) is 1. The fraction of sp³-hybridized carbons (Fsp3) is 0.308. The van der Waals surface area contributed by atoms with Crippen molar-refractivity contribution in [2.75, 3.05) is 31.3 Å². The van der Waals surface area contributed by atoms with E-state index >= 15 is 0 Å². The zero-order valence-electron chi connectivity index (χ0n) is 21.5.